The molecule has 0 amide bonds. The number of imidazole rings is 1. The van der Waals surface area contributed by atoms with Crippen molar-refractivity contribution in [3.05, 3.63) is 81.9 Å². The van der Waals surface area contributed by atoms with Gasteiger partial charge in [0, 0.05) is 61.1 Å². The number of halogens is 2. The topological polar surface area (TPSA) is 48.1 Å². The highest BCUT2D eigenvalue weighted by atomic mass is 35.5. The molecule has 2 aromatic carbocycles. The minimum atomic E-state index is 0.113. The van der Waals surface area contributed by atoms with Gasteiger partial charge in [0.25, 0.3) is 0 Å². The lowest BCUT2D eigenvalue weighted by molar-refractivity contribution is 0.215. The Morgan fingerprint density at radius 1 is 1.06 bits per heavy atom. The number of anilines is 1. The van der Waals surface area contributed by atoms with Crippen molar-refractivity contribution in [1.29, 1.82) is 5.26 Å². The van der Waals surface area contributed by atoms with Crippen LogP contribution in [0.1, 0.15) is 42.8 Å². The number of nitrogens with zero attached hydrogens (tertiary/aromatic N) is 5. The number of benzene rings is 2. The van der Waals surface area contributed by atoms with Crippen LogP contribution in [-0.4, -0.2) is 40.6 Å². The van der Waals surface area contributed by atoms with Crippen LogP contribution in [0.3, 0.4) is 0 Å². The third-order valence-corrected chi connectivity index (χ3v) is 6.52. The van der Waals surface area contributed by atoms with Crippen LogP contribution >= 0.6 is 23.2 Å². The number of hydrogen-bond donors (Lipinski definition) is 0. The monoisotopic (exact) mass is 467 g/mol. The number of piperazine rings is 1. The molecule has 1 aromatic heterocycles. The van der Waals surface area contributed by atoms with Crippen LogP contribution in [0.5, 0.6) is 0 Å². The fourth-order valence-electron chi connectivity index (χ4n) is 4.41. The number of aromatic nitrogens is 2. The molecule has 0 saturated carbocycles. The van der Waals surface area contributed by atoms with Gasteiger partial charge in [-0.05, 0) is 35.9 Å². The minimum Gasteiger partial charge on any atom is -0.361 e. The molecule has 5 nitrogen and oxygen atoms in total. The van der Waals surface area contributed by atoms with Gasteiger partial charge in [-0.15, -0.1) is 0 Å². The Labute approximate surface area is 199 Å². The van der Waals surface area contributed by atoms with Crippen molar-refractivity contribution < 1.29 is 0 Å². The van der Waals surface area contributed by atoms with Crippen LogP contribution in [0.25, 0.3) is 0 Å². The van der Waals surface area contributed by atoms with Crippen molar-refractivity contribution in [1.82, 2.24) is 14.5 Å². The Kier molecular flexibility index (Phi) is 7.05. The van der Waals surface area contributed by atoms with Crippen molar-refractivity contribution in [2.24, 2.45) is 0 Å². The molecule has 4 rings (SSSR count). The summed E-state index contributed by atoms with van der Waals surface area (Å²) < 4.78 is 2.25. The molecule has 1 saturated heterocycles. The first kappa shape index (κ1) is 22.7. The van der Waals surface area contributed by atoms with E-state index in [0.29, 0.717) is 16.5 Å². The second-order valence-corrected chi connectivity index (χ2v) is 9.34. The van der Waals surface area contributed by atoms with Crippen LogP contribution in [0.15, 0.2) is 54.9 Å². The van der Waals surface area contributed by atoms with E-state index >= 15 is 0 Å². The summed E-state index contributed by atoms with van der Waals surface area (Å²) in [6, 6.07) is 16.0. The van der Waals surface area contributed by atoms with Crippen molar-refractivity contribution in [2.75, 3.05) is 31.1 Å². The fourth-order valence-corrected chi connectivity index (χ4v) is 4.71. The second-order valence-electron chi connectivity index (χ2n) is 8.47. The van der Waals surface area contributed by atoms with E-state index in [9.17, 15) is 5.26 Å². The molecule has 1 aliphatic rings. The lowest BCUT2D eigenvalue weighted by Gasteiger charge is -2.43. The van der Waals surface area contributed by atoms with Crippen LogP contribution in [-0.2, 0) is 6.54 Å². The van der Waals surface area contributed by atoms with Gasteiger partial charge in [0.15, 0.2) is 0 Å². The number of hydrogen-bond acceptors (Lipinski definition) is 4. The predicted octanol–water partition coefficient (Wildman–Crippen LogP) is 5.75. The molecule has 2 heterocycles. The molecule has 0 aliphatic carbocycles. The maximum atomic E-state index is 9.71. The molecule has 7 heteroatoms. The highest BCUT2D eigenvalue weighted by molar-refractivity contribution is 6.31. The van der Waals surface area contributed by atoms with Gasteiger partial charge in [0.2, 0.25) is 0 Å². The summed E-state index contributed by atoms with van der Waals surface area (Å²) in [7, 11) is 0. The van der Waals surface area contributed by atoms with Gasteiger partial charge < -0.3 is 9.47 Å². The van der Waals surface area contributed by atoms with Crippen molar-refractivity contribution >= 4 is 28.9 Å². The second kappa shape index (κ2) is 9.95. The molecule has 166 valence electrons. The summed E-state index contributed by atoms with van der Waals surface area (Å²) in [5.41, 5.74) is 2.71. The van der Waals surface area contributed by atoms with E-state index in [-0.39, 0.29) is 6.04 Å². The van der Waals surface area contributed by atoms with Crippen LogP contribution in [0.2, 0.25) is 10.0 Å². The zero-order valence-electron chi connectivity index (χ0n) is 18.4. The molecule has 0 unspecified atom stereocenters. The predicted molar refractivity (Wildman–Crippen MR) is 130 cm³/mol. The summed E-state index contributed by atoms with van der Waals surface area (Å²) in [5, 5.41) is 11.0. The number of rotatable bonds is 6. The molecule has 0 N–H and O–H groups in total. The standard InChI is InChI=1S/C25H27Cl2N5/c1-18(2)25-29-9-10-31(25)13-11-30-12-14-32(23-8-7-22(27)15-20(23)16-28)24(17-30)19-3-5-21(26)6-4-19/h3-10,15,18,24H,11-14,17H2,1-2H3/t24-/m0/s1. The van der Waals surface area contributed by atoms with Gasteiger partial charge in [0.1, 0.15) is 11.9 Å². The first-order valence-corrected chi connectivity index (χ1v) is 11.7. The first-order chi connectivity index (χ1) is 15.5. The quantitative estimate of drug-likeness (QED) is 0.462. The van der Waals surface area contributed by atoms with Crippen molar-refractivity contribution in [2.45, 2.75) is 32.4 Å². The largest absolute Gasteiger partial charge is 0.361 e. The normalized spacial score (nSPS) is 17.0. The Hall–Kier alpha value is -2.52. The van der Waals surface area contributed by atoms with E-state index in [1.807, 2.05) is 30.5 Å². The highest BCUT2D eigenvalue weighted by Gasteiger charge is 2.30. The zero-order valence-corrected chi connectivity index (χ0v) is 19.9. The summed E-state index contributed by atoms with van der Waals surface area (Å²) in [6.07, 6.45) is 3.95. The van der Waals surface area contributed by atoms with Crippen LogP contribution in [0, 0.1) is 11.3 Å². The molecule has 1 aliphatic heterocycles. The van der Waals surface area contributed by atoms with Gasteiger partial charge in [0.05, 0.1) is 17.3 Å². The van der Waals surface area contributed by atoms with E-state index in [1.165, 1.54) is 5.56 Å². The number of nitriles is 1. The summed E-state index contributed by atoms with van der Waals surface area (Å²) in [4.78, 5) is 9.32. The van der Waals surface area contributed by atoms with E-state index < -0.39 is 0 Å². The lowest BCUT2D eigenvalue weighted by Crippen LogP contribution is -2.49. The Balaban J connectivity index is 1.58. The molecular formula is C25H27Cl2N5. The first-order valence-electron chi connectivity index (χ1n) is 10.9. The zero-order chi connectivity index (χ0) is 22.7. The average molecular weight is 468 g/mol. The summed E-state index contributed by atoms with van der Waals surface area (Å²) in [5.74, 6) is 1.52. The molecule has 0 radical (unpaired) electrons. The van der Waals surface area contributed by atoms with Crippen molar-refractivity contribution in [3.63, 3.8) is 0 Å². The summed E-state index contributed by atoms with van der Waals surface area (Å²) >= 11 is 12.3. The molecule has 0 spiro atoms. The molecule has 1 atom stereocenters. The van der Waals surface area contributed by atoms with Gasteiger partial charge in [-0.25, -0.2) is 4.98 Å². The molecule has 0 bridgehead atoms. The van der Waals surface area contributed by atoms with Crippen molar-refractivity contribution in [3.8, 4) is 6.07 Å². The smallest absolute Gasteiger partial charge is 0.111 e. The van der Waals surface area contributed by atoms with E-state index in [2.05, 4.69) is 57.6 Å². The average Bonchev–Trinajstić information content (AvgIpc) is 3.27. The fraction of sp³-hybridized carbons (Fsp3) is 0.360. The SMILES string of the molecule is CC(C)c1nccn1CCN1CCN(c2ccc(Cl)cc2C#N)[C@H](c2ccc(Cl)cc2)C1. The Morgan fingerprint density at radius 2 is 1.81 bits per heavy atom. The maximum Gasteiger partial charge on any atom is 0.111 e. The molecule has 32 heavy (non-hydrogen) atoms. The third-order valence-electron chi connectivity index (χ3n) is 6.03. The molecule has 3 aromatic rings. The minimum absolute atomic E-state index is 0.113. The van der Waals surface area contributed by atoms with E-state index in [0.717, 1.165) is 49.3 Å². The van der Waals surface area contributed by atoms with Gasteiger partial charge in [-0.1, -0.05) is 49.2 Å². The van der Waals surface area contributed by atoms with Gasteiger partial charge >= 0.3 is 0 Å². The van der Waals surface area contributed by atoms with E-state index in [1.54, 1.807) is 6.07 Å². The Morgan fingerprint density at radius 3 is 2.53 bits per heavy atom. The van der Waals surface area contributed by atoms with Crippen LogP contribution in [0.4, 0.5) is 5.69 Å². The lowest BCUT2D eigenvalue weighted by atomic mass is 10.00. The molecule has 1 fully saturated rings. The maximum absolute atomic E-state index is 9.71. The van der Waals surface area contributed by atoms with Gasteiger partial charge in [-0.3, -0.25) is 4.90 Å². The highest BCUT2D eigenvalue weighted by Crippen LogP contribution is 2.34. The van der Waals surface area contributed by atoms with Crippen LogP contribution < -0.4 is 4.90 Å². The Bertz CT molecular complexity index is 1100. The molecular weight excluding hydrogens is 441 g/mol. The summed E-state index contributed by atoms with van der Waals surface area (Å²) in [6.45, 7) is 8.81. The van der Waals surface area contributed by atoms with Gasteiger partial charge in [-0.2, -0.15) is 5.26 Å². The van der Waals surface area contributed by atoms with E-state index in [4.69, 9.17) is 23.2 Å². The third kappa shape index (κ3) is 4.94.